The number of hydrogen-bond acceptors (Lipinski definition) is 6. The first-order valence-corrected chi connectivity index (χ1v) is 5.93. The summed E-state index contributed by atoms with van der Waals surface area (Å²) in [5.74, 6) is 0. The van der Waals surface area contributed by atoms with E-state index >= 15 is 0 Å². The highest BCUT2D eigenvalue weighted by molar-refractivity contribution is 8.00. The van der Waals surface area contributed by atoms with Crippen molar-refractivity contribution in [3.05, 3.63) is 32.6 Å². The zero-order chi connectivity index (χ0) is 12.6. The van der Waals surface area contributed by atoms with Crippen LogP contribution in [0.2, 0.25) is 0 Å². The van der Waals surface area contributed by atoms with Crippen molar-refractivity contribution in [2.75, 3.05) is 6.61 Å². The number of thioether (sulfide) groups is 1. The van der Waals surface area contributed by atoms with Gasteiger partial charge in [0, 0.05) is 11.8 Å². The van der Waals surface area contributed by atoms with Gasteiger partial charge in [0.25, 0.3) is 5.56 Å². The zero-order valence-electron chi connectivity index (χ0n) is 8.66. The number of hydrogen-bond donors (Lipinski definition) is 5. The number of aromatic nitrogens is 2. The average Bonchev–Trinajstić information content (AvgIpc) is 2.57. The van der Waals surface area contributed by atoms with E-state index in [1.807, 2.05) is 4.98 Å². The molecular formula is C9H12N2O5S. The summed E-state index contributed by atoms with van der Waals surface area (Å²) in [4.78, 5) is 26.7. The van der Waals surface area contributed by atoms with Crippen molar-refractivity contribution in [3.63, 3.8) is 0 Å². The molecule has 1 aliphatic rings. The van der Waals surface area contributed by atoms with Crippen molar-refractivity contribution in [3.8, 4) is 0 Å². The first-order valence-electron chi connectivity index (χ1n) is 4.99. The van der Waals surface area contributed by atoms with Crippen LogP contribution >= 0.6 is 11.8 Å². The molecule has 0 aromatic carbocycles. The number of H-pyrrole nitrogens is 2. The summed E-state index contributed by atoms with van der Waals surface area (Å²) >= 11 is 1.11. The van der Waals surface area contributed by atoms with Crippen LogP contribution in [0.15, 0.2) is 15.8 Å². The van der Waals surface area contributed by atoms with E-state index in [4.69, 9.17) is 5.11 Å². The number of nitrogens with one attached hydrogen (secondary N) is 2. The molecule has 1 aromatic heterocycles. The van der Waals surface area contributed by atoms with E-state index in [0.29, 0.717) is 0 Å². The number of aliphatic hydroxyl groups is 3. The van der Waals surface area contributed by atoms with Gasteiger partial charge in [0.1, 0.15) is 0 Å². The zero-order valence-corrected chi connectivity index (χ0v) is 9.48. The SMILES string of the molecule is O=c1[nH]cc([C@@H]2S[C@H](CO)C(O)C2O)c(=O)[nH]1. The molecule has 1 aliphatic heterocycles. The van der Waals surface area contributed by atoms with Crippen LogP contribution in [-0.2, 0) is 0 Å². The number of rotatable bonds is 2. The molecule has 0 bridgehead atoms. The van der Waals surface area contributed by atoms with E-state index in [0.717, 1.165) is 11.8 Å². The van der Waals surface area contributed by atoms with E-state index in [-0.39, 0.29) is 12.2 Å². The van der Waals surface area contributed by atoms with Crippen LogP contribution < -0.4 is 11.2 Å². The predicted octanol–water partition coefficient (Wildman–Crippen LogP) is -2.07. The van der Waals surface area contributed by atoms with E-state index in [1.165, 1.54) is 6.20 Å². The summed E-state index contributed by atoms with van der Waals surface area (Å²) in [7, 11) is 0. The third-order valence-corrected chi connectivity index (χ3v) is 4.30. The van der Waals surface area contributed by atoms with Gasteiger partial charge in [0.2, 0.25) is 0 Å². The molecule has 0 amide bonds. The van der Waals surface area contributed by atoms with E-state index in [2.05, 4.69) is 4.98 Å². The van der Waals surface area contributed by atoms with Gasteiger partial charge >= 0.3 is 5.69 Å². The van der Waals surface area contributed by atoms with Crippen molar-refractivity contribution in [1.82, 2.24) is 9.97 Å². The Hall–Kier alpha value is -1.09. The molecule has 2 unspecified atom stereocenters. The number of aliphatic hydroxyl groups excluding tert-OH is 3. The van der Waals surface area contributed by atoms with E-state index in [9.17, 15) is 19.8 Å². The molecule has 1 aromatic rings. The molecule has 94 valence electrons. The molecule has 7 nitrogen and oxygen atoms in total. The molecule has 0 saturated carbocycles. The highest BCUT2D eigenvalue weighted by atomic mass is 32.2. The van der Waals surface area contributed by atoms with E-state index in [1.54, 1.807) is 0 Å². The van der Waals surface area contributed by atoms with Crippen molar-refractivity contribution >= 4 is 11.8 Å². The highest BCUT2D eigenvalue weighted by Gasteiger charge is 2.43. The van der Waals surface area contributed by atoms with Gasteiger partial charge < -0.3 is 20.3 Å². The Bertz CT molecular complexity index is 513. The topological polar surface area (TPSA) is 126 Å². The molecular weight excluding hydrogens is 248 g/mol. The van der Waals surface area contributed by atoms with Gasteiger partial charge in [-0.2, -0.15) is 0 Å². The van der Waals surface area contributed by atoms with Gasteiger partial charge in [0.15, 0.2) is 0 Å². The fraction of sp³-hybridized carbons (Fsp3) is 0.556. The molecule has 5 N–H and O–H groups in total. The normalized spacial score (nSPS) is 32.9. The van der Waals surface area contributed by atoms with Gasteiger partial charge in [0.05, 0.1) is 29.3 Å². The maximum atomic E-state index is 11.5. The fourth-order valence-corrected chi connectivity index (χ4v) is 3.22. The van der Waals surface area contributed by atoms with Crippen LogP contribution in [0.4, 0.5) is 0 Å². The lowest BCUT2D eigenvalue weighted by Crippen LogP contribution is -2.33. The molecule has 8 heteroatoms. The Morgan fingerprint density at radius 3 is 2.53 bits per heavy atom. The Balaban J connectivity index is 2.35. The Morgan fingerprint density at radius 2 is 2.00 bits per heavy atom. The lowest BCUT2D eigenvalue weighted by molar-refractivity contribution is 0.0196. The summed E-state index contributed by atoms with van der Waals surface area (Å²) in [6.45, 7) is -0.291. The molecule has 2 rings (SSSR count). The molecule has 0 aliphatic carbocycles. The standard InChI is InChI=1S/C9H12N2O5S/c12-2-4-5(13)6(14)7(17-4)3-1-10-9(16)11-8(3)15/h1,4-7,12-14H,2H2,(H2,10,11,15,16)/t4-,5?,6?,7+/m1/s1. The summed E-state index contributed by atoms with van der Waals surface area (Å²) in [5.41, 5.74) is -1.05. The van der Waals surface area contributed by atoms with Crippen LogP contribution in [0.3, 0.4) is 0 Å². The van der Waals surface area contributed by atoms with Gasteiger partial charge in [-0.25, -0.2) is 4.79 Å². The first-order chi connectivity index (χ1) is 8.04. The molecule has 0 radical (unpaired) electrons. The predicted molar refractivity (Wildman–Crippen MR) is 60.9 cm³/mol. The fourth-order valence-electron chi connectivity index (χ4n) is 1.79. The van der Waals surface area contributed by atoms with Crippen molar-refractivity contribution in [1.29, 1.82) is 0 Å². The van der Waals surface area contributed by atoms with Crippen LogP contribution in [0.25, 0.3) is 0 Å². The van der Waals surface area contributed by atoms with Crippen LogP contribution in [0, 0.1) is 0 Å². The van der Waals surface area contributed by atoms with Gasteiger partial charge in [-0.15, -0.1) is 11.8 Å². The first kappa shape index (κ1) is 12.4. The molecule has 2 heterocycles. The van der Waals surface area contributed by atoms with E-state index < -0.39 is 34.0 Å². The quantitative estimate of drug-likeness (QED) is 0.416. The third-order valence-electron chi connectivity index (χ3n) is 2.70. The molecule has 1 fully saturated rings. The van der Waals surface area contributed by atoms with Crippen LogP contribution in [-0.4, -0.2) is 49.4 Å². The Morgan fingerprint density at radius 1 is 1.29 bits per heavy atom. The number of aromatic amines is 2. The largest absolute Gasteiger partial charge is 0.395 e. The van der Waals surface area contributed by atoms with Crippen LogP contribution in [0.1, 0.15) is 10.8 Å². The summed E-state index contributed by atoms with van der Waals surface area (Å²) in [5, 5.41) is 27.2. The van der Waals surface area contributed by atoms with Gasteiger partial charge in [-0.05, 0) is 0 Å². The average molecular weight is 260 g/mol. The van der Waals surface area contributed by atoms with Crippen LogP contribution in [0.5, 0.6) is 0 Å². The van der Waals surface area contributed by atoms with Gasteiger partial charge in [-0.3, -0.25) is 9.78 Å². The highest BCUT2D eigenvalue weighted by Crippen LogP contribution is 2.43. The maximum Gasteiger partial charge on any atom is 0.325 e. The van der Waals surface area contributed by atoms with Crippen molar-refractivity contribution in [2.45, 2.75) is 22.7 Å². The van der Waals surface area contributed by atoms with Crippen molar-refractivity contribution in [2.24, 2.45) is 0 Å². The molecule has 4 atom stereocenters. The summed E-state index contributed by atoms with van der Waals surface area (Å²) in [6.07, 6.45) is -1.03. The second kappa shape index (κ2) is 4.65. The minimum Gasteiger partial charge on any atom is -0.395 e. The Labute approximate surface area is 99.5 Å². The monoisotopic (exact) mass is 260 g/mol. The smallest absolute Gasteiger partial charge is 0.325 e. The molecule has 1 saturated heterocycles. The maximum absolute atomic E-state index is 11.5. The summed E-state index contributed by atoms with van der Waals surface area (Å²) in [6, 6.07) is 0. The second-order valence-corrected chi connectivity index (χ2v) is 5.17. The molecule has 17 heavy (non-hydrogen) atoms. The second-order valence-electron chi connectivity index (χ2n) is 3.79. The van der Waals surface area contributed by atoms with Gasteiger partial charge in [-0.1, -0.05) is 0 Å². The lowest BCUT2D eigenvalue weighted by Gasteiger charge is -2.14. The minimum atomic E-state index is -1.15. The van der Waals surface area contributed by atoms with Crippen molar-refractivity contribution < 1.29 is 15.3 Å². The summed E-state index contributed by atoms with van der Waals surface area (Å²) < 4.78 is 0. The molecule has 0 spiro atoms. The minimum absolute atomic E-state index is 0.178. The third kappa shape index (κ3) is 2.16. The lowest BCUT2D eigenvalue weighted by atomic mass is 10.0. The Kier molecular flexibility index (Phi) is 3.38.